The summed E-state index contributed by atoms with van der Waals surface area (Å²) >= 11 is 0. The third-order valence-corrected chi connectivity index (χ3v) is 4.75. The third kappa shape index (κ3) is 3.32. The second-order valence-corrected chi connectivity index (χ2v) is 6.71. The highest BCUT2D eigenvalue weighted by atomic mass is 16.5. The number of nitrogens with zero attached hydrogens (tertiary/aromatic N) is 3. The molecule has 30 heavy (non-hydrogen) atoms. The minimum Gasteiger partial charge on any atom is -0.507 e. The number of benzene rings is 1. The van der Waals surface area contributed by atoms with E-state index in [1.165, 1.54) is 4.90 Å². The smallest absolute Gasteiger partial charge is 0.301 e. The minimum absolute atomic E-state index is 0.0437. The van der Waals surface area contributed by atoms with E-state index < -0.39 is 17.7 Å². The Kier molecular flexibility index (Phi) is 5.05. The number of carbonyl (C=O) groups excluding carboxylic acids is 2. The van der Waals surface area contributed by atoms with E-state index in [4.69, 9.17) is 9.26 Å². The molecule has 8 nitrogen and oxygen atoms in total. The molecule has 8 heteroatoms. The van der Waals surface area contributed by atoms with E-state index in [2.05, 4.69) is 10.1 Å². The van der Waals surface area contributed by atoms with Crippen LogP contribution in [0.2, 0.25) is 0 Å². The van der Waals surface area contributed by atoms with Crippen molar-refractivity contribution in [3.63, 3.8) is 0 Å². The zero-order valence-electron chi connectivity index (χ0n) is 16.4. The number of hydrogen-bond acceptors (Lipinski definition) is 7. The number of hydrogen-bond donors (Lipinski definition) is 1. The summed E-state index contributed by atoms with van der Waals surface area (Å²) in [6.45, 7) is 4.07. The van der Waals surface area contributed by atoms with Gasteiger partial charge in [-0.1, -0.05) is 11.2 Å². The van der Waals surface area contributed by atoms with Gasteiger partial charge in [-0.15, -0.1) is 0 Å². The first kappa shape index (κ1) is 19.4. The van der Waals surface area contributed by atoms with E-state index in [1.54, 1.807) is 61.8 Å². The fraction of sp³-hybridized carbons (Fsp3) is 0.182. The van der Waals surface area contributed by atoms with Crippen molar-refractivity contribution in [2.75, 3.05) is 11.5 Å². The largest absolute Gasteiger partial charge is 0.507 e. The Balaban J connectivity index is 1.87. The highest BCUT2D eigenvalue weighted by molar-refractivity contribution is 6.51. The fourth-order valence-electron chi connectivity index (χ4n) is 3.42. The molecule has 1 saturated heterocycles. The molecule has 1 aromatic carbocycles. The average Bonchev–Trinajstić information content (AvgIpc) is 3.30. The van der Waals surface area contributed by atoms with Crippen LogP contribution in [0.15, 0.2) is 65.0 Å². The molecule has 1 N–H and O–H groups in total. The summed E-state index contributed by atoms with van der Waals surface area (Å²) in [6.07, 6.45) is 3.13. The van der Waals surface area contributed by atoms with Crippen LogP contribution >= 0.6 is 0 Å². The van der Waals surface area contributed by atoms with Gasteiger partial charge in [0.05, 0.1) is 18.2 Å². The predicted octanol–water partition coefficient (Wildman–Crippen LogP) is 3.40. The number of ketones is 1. The van der Waals surface area contributed by atoms with Crippen molar-refractivity contribution in [3.8, 4) is 5.75 Å². The first-order valence-electron chi connectivity index (χ1n) is 9.38. The molecule has 0 spiro atoms. The molecule has 4 rings (SSSR count). The first-order valence-corrected chi connectivity index (χ1v) is 9.38. The number of ether oxygens (including phenoxy) is 1. The molecule has 0 aliphatic carbocycles. The Morgan fingerprint density at radius 3 is 2.60 bits per heavy atom. The lowest BCUT2D eigenvalue weighted by Gasteiger charge is -2.22. The second-order valence-electron chi connectivity index (χ2n) is 6.71. The number of rotatable bonds is 5. The SMILES string of the molecule is CCOc1ccc(/C(O)=C2/C(=O)C(=O)N(c3cc(C)on3)C2c2cccnc2)cc1. The highest BCUT2D eigenvalue weighted by Gasteiger charge is 2.48. The number of carbonyl (C=O) groups is 2. The van der Waals surface area contributed by atoms with Crippen LogP contribution in [-0.2, 0) is 9.59 Å². The van der Waals surface area contributed by atoms with E-state index in [0.29, 0.717) is 29.2 Å². The summed E-state index contributed by atoms with van der Waals surface area (Å²) in [5.41, 5.74) is 0.907. The van der Waals surface area contributed by atoms with Gasteiger partial charge < -0.3 is 14.4 Å². The van der Waals surface area contributed by atoms with Crippen molar-refractivity contribution in [3.05, 3.63) is 77.3 Å². The van der Waals surface area contributed by atoms with Gasteiger partial charge in [0.2, 0.25) is 0 Å². The van der Waals surface area contributed by atoms with Crippen LogP contribution in [0.4, 0.5) is 5.82 Å². The van der Waals surface area contributed by atoms with Gasteiger partial charge in [-0.2, -0.15) is 0 Å². The van der Waals surface area contributed by atoms with Crippen LogP contribution < -0.4 is 9.64 Å². The Labute approximate surface area is 172 Å². The molecule has 3 heterocycles. The first-order chi connectivity index (χ1) is 14.5. The zero-order chi connectivity index (χ0) is 21.3. The van der Waals surface area contributed by atoms with Gasteiger partial charge in [0.1, 0.15) is 17.3 Å². The molecule has 1 aliphatic rings. The number of aliphatic hydroxyl groups excluding tert-OH is 1. The van der Waals surface area contributed by atoms with Crippen LogP contribution in [0.5, 0.6) is 5.75 Å². The molecule has 1 aliphatic heterocycles. The molecular formula is C22H19N3O5. The Hall–Kier alpha value is -3.94. The van der Waals surface area contributed by atoms with Crippen molar-refractivity contribution in [2.24, 2.45) is 0 Å². The Bertz CT molecular complexity index is 1120. The molecule has 0 radical (unpaired) electrons. The summed E-state index contributed by atoms with van der Waals surface area (Å²) in [5.74, 6) is -0.581. The molecule has 0 saturated carbocycles. The molecule has 1 fully saturated rings. The number of pyridine rings is 1. The third-order valence-electron chi connectivity index (χ3n) is 4.75. The number of aromatic nitrogens is 2. The van der Waals surface area contributed by atoms with Crippen LogP contribution in [0, 0.1) is 6.92 Å². The molecule has 152 valence electrons. The molecule has 1 unspecified atom stereocenters. The summed E-state index contributed by atoms with van der Waals surface area (Å²) in [7, 11) is 0. The maximum atomic E-state index is 13.0. The van der Waals surface area contributed by atoms with E-state index >= 15 is 0 Å². The summed E-state index contributed by atoms with van der Waals surface area (Å²) in [5, 5.41) is 14.9. The maximum Gasteiger partial charge on any atom is 0.301 e. The molecule has 1 amide bonds. The highest BCUT2D eigenvalue weighted by Crippen LogP contribution is 2.41. The van der Waals surface area contributed by atoms with Crippen molar-refractivity contribution in [1.82, 2.24) is 10.1 Å². The molecule has 0 bridgehead atoms. The maximum absolute atomic E-state index is 13.0. The average molecular weight is 405 g/mol. The predicted molar refractivity (Wildman–Crippen MR) is 108 cm³/mol. The van der Waals surface area contributed by atoms with Gasteiger partial charge in [-0.3, -0.25) is 19.5 Å². The van der Waals surface area contributed by atoms with E-state index in [9.17, 15) is 14.7 Å². The normalized spacial score (nSPS) is 18.1. The summed E-state index contributed by atoms with van der Waals surface area (Å²) in [6, 6.07) is 10.7. The number of Topliss-reactive ketones (excluding diaryl/α,β-unsaturated/α-hetero) is 1. The summed E-state index contributed by atoms with van der Waals surface area (Å²) < 4.78 is 10.5. The molecular weight excluding hydrogens is 386 g/mol. The van der Waals surface area contributed by atoms with Crippen LogP contribution in [0.3, 0.4) is 0 Å². The Morgan fingerprint density at radius 1 is 1.23 bits per heavy atom. The lowest BCUT2D eigenvalue weighted by atomic mass is 9.96. The van der Waals surface area contributed by atoms with E-state index in [-0.39, 0.29) is 17.2 Å². The number of amides is 1. The van der Waals surface area contributed by atoms with Crippen molar-refractivity contribution >= 4 is 23.3 Å². The quantitative estimate of drug-likeness (QED) is 0.394. The van der Waals surface area contributed by atoms with Crippen LogP contribution in [0.25, 0.3) is 5.76 Å². The van der Waals surface area contributed by atoms with Gasteiger partial charge in [0, 0.05) is 24.0 Å². The second kappa shape index (κ2) is 7.82. The van der Waals surface area contributed by atoms with E-state index in [1.807, 2.05) is 6.92 Å². The van der Waals surface area contributed by atoms with Crippen molar-refractivity contribution in [2.45, 2.75) is 19.9 Å². The Morgan fingerprint density at radius 2 is 2.00 bits per heavy atom. The van der Waals surface area contributed by atoms with Gasteiger partial charge in [-0.05, 0) is 49.7 Å². The van der Waals surface area contributed by atoms with Gasteiger partial charge >= 0.3 is 5.91 Å². The topological polar surface area (TPSA) is 106 Å². The van der Waals surface area contributed by atoms with Gasteiger partial charge in [-0.25, -0.2) is 0 Å². The van der Waals surface area contributed by atoms with Crippen molar-refractivity contribution < 1.29 is 24.0 Å². The van der Waals surface area contributed by atoms with Gasteiger partial charge in [0.15, 0.2) is 5.82 Å². The lowest BCUT2D eigenvalue weighted by Crippen LogP contribution is -2.29. The molecule has 1 atom stereocenters. The van der Waals surface area contributed by atoms with Crippen LogP contribution in [-0.4, -0.2) is 33.5 Å². The van der Waals surface area contributed by atoms with Crippen molar-refractivity contribution in [1.29, 1.82) is 0 Å². The monoisotopic (exact) mass is 405 g/mol. The lowest BCUT2D eigenvalue weighted by molar-refractivity contribution is -0.132. The van der Waals surface area contributed by atoms with Crippen LogP contribution in [0.1, 0.15) is 29.9 Å². The van der Waals surface area contributed by atoms with E-state index in [0.717, 1.165) is 0 Å². The number of anilines is 1. The number of aryl methyl sites for hydroxylation is 1. The zero-order valence-corrected chi connectivity index (χ0v) is 16.4. The minimum atomic E-state index is -0.894. The summed E-state index contributed by atoms with van der Waals surface area (Å²) in [4.78, 5) is 31.2. The molecule has 2 aromatic heterocycles. The standard InChI is InChI=1S/C22H19N3O5/c1-3-29-16-8-6-14(7-9-16)20(26)18-19(15-5-4-10-23-12-15)25(22(28)21(18)27)17-11-13(2)30-24-17/h4-12,19,26H,3H2,1-2H3/b20-18-. The fourth-order valence-corrected chi connectivity index (χ4v) is 3.42. The molecule has 3 aromatic rings. The van der Waals surface area contributed by atoms with Gasteiger partial charge in [0.25, 0.3) is 5.78 Å². The number of aliphatic hydroxyl groups is 1.